The van der Waals surface area contributed by atoms with E-state index >= 15 is 0 Å². The van der Waals surface area contributed by atoms with Crippen molar-refractivity contribution in [1.82, 2.24) is 4.98 Å². The molecule has 3 nitrogen and oxygen atoms in total. The number of Topliss-reactive ketones (excluding diaryl/α,β-unsaturated/α-hetero) is 1. The van der Waals surface area contributed by atoms with E-state index in [1.807, 2.05) is 56.3 Å². The topological polar surface area (TPSA) is 39.2 Å². The van der Waals surface area contributed by atoms with Crippen molar-refractivity contribution >= 4 is 11.9 Å². The van der Waals surface area contributed by atoms with Gasteiger partial charge in [-0.1, -0.05) is 19.9 Å². The summed E-state index contributed by atoms with van der Waals surface area (Å²) in [5, 5.41) is 0. The van der Waals surface area contributed by atoms with Crippen molar-refractivity contribution in [3.8, 4) is 5.75 Å². The predicted octanol–water partition coefficient (Wildman–Crippen LogP) is 4.33. The number of ether oxygens (including phenoxy) is 1. The number of nitrogens with zero attached hydrogens (tertiary/aromatic N) is 1. The number of hydrogen-bond donors (Lipinski definition) is 0. The highest BCUT2D eigenvalue weighted by Gasteiger charge is 2.22. The molecule has 0 spiro atoms. The molecule has 0 atom stereocenters. The molecule has 22 heavy (non-hydrogen) atoms. The third kappa shape index (κ3) is 3.42. The zero-order valence-electron chi connectivity index (χ0n) is 13.3. The number of aryl methyl sites for hydroxylation is 1. The number of pyridine rings is 1. The second kappa shape index (κ2) is 7.55. The molecule has 114 valence electrons. The van der Waals surface area contributed by atoms with Crippen molar-refractivity contribution in [2.45, 2.75) is 26.7 Å². The molecular formula is C19H21NO2. The highest BCUT2D eigenvalue weighted by atomic mass is 16.5. The van der Waals surface area contributed by atoms with E-state index in [9.17, 15) is 4.79 Å². The van der Waals surface area contributed by atoms with Gasteiger partial charge in [0.25, 0.3) is 0 Å². The van der Waals surface area contributed by atoms with Crippen LogP contribution in [0, 0.1) is 0 Å². The number of aromatic nitrogens is 1. The Morgan fingerprint density at radius 2 is 1.95 bits per heavy atom. The van der Waals surface area contributed by atoms with Crippen molar-refractivity contribution in [3.63, 3.8) is 0 Å². The first-order valence-electron chi connectivity index (χ1n) is 7.61. The quantitative estimate of drug-likeness (QED) is 0.774. The number of benzene rings is 1. The van der Waals surface area contributed by atoms with Gasteiger partial charge < -0.3 is 4.74 Å². The lowest BCUT2D eigenvalue weighted by Gasteiger charge is -2.18. The summed E-state index contributed by atoms with van der Waals surface area (Å²) in [6.45, 7) is 4.00. The normalized spacial score (nSPS) is 14.9. The third-order valence-corrected chi connectivity index (χ3v) is 3.52. The van der Waals surface area contributed by atoms with Gasteiger partial charge in [0.1, 0.15) is 5.75 Å². The van der Waals surface area contributed by atoms with Gasteiger partial charge in [-0.3, -0.25) is 9.78 Å². The maximum atomic E-state index is 12.5. The van der Waals surface area contributed by atoms with Gasteiger partial charge in [-0.25, -0.2) is 0 Å². The molecule has 0 saturated heterocycles. The van der Waals surface area contributed by atoms with Crippen LogP contribution in [-0.4, -0.2) is 17.9 Å². The minimum absolute atomic E-state index is 0.0968. The van der Waals surface area contributed by atoms with Gasteiger partial charge >= 0.3 is 0 Å². The fraction of sp³-hybridized carbons (Fsp3) is 0.263. The van der Waals surface area contributed by atoms with Gasteiger partial charge in [0.05, 0.1) is 12.8 Å². The Kier molecular flexibility index (Phi) is 5.48. The van der Waals surface area contributed by atoms with E-state index in [2.05, 4.69) is 4.98 Å². The molecule has 0 saturated carbocycles. The van der Waals surface area contributed by atoms with Gasteiger partial charge in [-0.05, 0) is 54.8 Å². The summed E-state index contributed by atoms with van der Waals surface area (Å²) < 4.78 is 5.20. The molecule has 1 heterocycles. The number of allylic oxidation sites excluding steroid dienone is 1. The Bertz CT molecular complexity index is 675. The van der Waals surface area contributed by atoms with Gasteiger partial charge in [0, 0.05) is 17.3 Å². The second-order valence-corrected chi connectivity index (χ2v) is 4.78. The number of fused-ring (bicyclic) bond motifs is 1. The lowest BCUT2D eigenvalue weighted by Crippen LogP contribution is -2.14. The monoisotopic (exact) mass is 295 g/mol. The molecule has 1 aromatic heterocycles. The molecule has 1 aliphatic carbocycles. The Hall–Kier alpha value is -2.42. The summed E-state index contributed by atoms with van der Waals surface area (Å²) in [5.74, 6) is 0.897. The van der Waals surface area contributed by atoms with Crippen LogP contribution in [0.2, 0.25) is 0 Å². The summed E-state index contributed by atoms with van der Waals surface area (Å²) in [4.78, 5) is 16.7. The van der Waals surface area contributed by atoms with Gasteiger partial charge in [-0.2, -0.15) is 0 Å². The maximum absolute atomic E-state index is 12.5. The first-order chi connectivity index (χ1) is 10.8. The summed E-state index contributed by atoms with van der Waals surface area (Å²) in [7, 11) is 1.64. The van der Waals surface area contributed by atoms with E-state index in [0.717, 1.165) is 41.0 Å². The van der Waals surface area contributed by atoms with Crippen LogP contribution in [0.1, 0.15) is 41.9 Å². The van der Waals surface area contributed by atoms with Gasteiger partial charge in [-0.15, -0.1) is 0 Å². The second-order valence-electron chi connectivity index (χ2n) is 4.78. The minimum Gasteiger partial charge on any atom is -0.497 e. The Labute approximate surface area is 131 Å². The van der Waals surface area contributed by atoms with Crippen LogP contribution in [0.15, 0.2) is 48.2 Å². The van der Waals surface area contributed by atoms with Crippen molar-refractivity contribution < 1.29 is 9.53 Å². The summed E-state index contributed by atoms with van der Waals surface area (Å²) >= 11 is 0. The van der Waals surface area contributed by atoms with E-state index < -0.39 is 0 Å². The van der Waals surface area contributed by atoms with Crippen LogP contribution in [0.25, 0.3) is 6.08 Å². The molecule has 0 radical (unpaired) electrons. The SMILES string of the molecule is CC.COc1ccc2c(c1)CC/C(=C\c1ccccn1)C2=O. The largest absolute Gasteiger partial charge is 0.497 e. The summed E-state index contributed by atoms with van der Waals surface area (Å²) in [6.07, 6.45) is 5.22. The number of carbonyl (C=O) groups excluding carboxylic acids is 1. The Morgan fingerprint density at radius 1 is 1.14 bits per heavy atom. The average Bonchev–Trinajstić information content (AvgIpc) is 2.60. The Balaban J connectivity index is 0.000000847. The van der Waals surface area contributed by atoms with E-state index in [4.69, 9.17) is 4.74 Å². The number of hydrogen-bond acceptors (Lipinski definition) is 3. The highest BCUT2D eigenvalue weighted by molar-refractivity contribution is 6.13. The Morgan fingerprint density at radius 3 is 2.64 bits per heavy atom. The van der Waals surface area contributed by atoms with Crippen LogP contribution < -0.4 is 4.74 Å². The van der Waals surface area contributed by atoms with Crippen LogP contribution in [0.5, 0.6) is 5.75 Å². The summed E-state index contributed by atoms with van der Waals surface area (Å²) in [6, 6.07) is 11.3. The van der Waals surface area contributed by atoms with Crippen molar-refractivity contribution in [2.24, 2.45) is 0 Å². The average molecular weight is 295 g/mol. The highest BCUT2D eigenvalue weighted by Crippen LogP contribution is 2.29. The summed E-state index contributed by atoms with van der Waals surface area (Å²) in [5.41, 5.74) is 3.49. The van der Waals surface area contributed by atoms with E-state index in [1.165, 1.54) is 0 Å². The van der Waals surface area contributed by atoms with Crippen molar-refractivity contribution in [2.75, 3.05) is 7.11 Å². The van der Waals surface area contributed by atoms with Crippen molar-refractivity contribution in [3.05, 3.63) is 65.0 Å². The molecule has 1 aliphatic rings. The van der Waals surface area contributed by atoms with Crippen molar-refractivity contribution in [1.29, 1.82) is 0 Å². The zero-order valence-corrected chi connectivity index (χ0v) is 13.3. The van der Waals surface area contributed by atoms with Gasteiger partial charge in [0.2, 0.25) is 0 Å². The van der Waals surface area contributed by atoms with Crippen LogP contribution in [0.3, 0.4) is 0 Å². The molecule has 3 heteroatoms. The lowest BCUT2D eigenvalue weighted by atomic mass is 9.86. The number of ketones is 1. The van der Waals surface area contributed by atoms with E-state index in [-0.39, 0.29) is 5.78 Å². The smallest absolute Gasteiger partial charge is 0.189 e. The zero-order chi connectivity index (χ0) is 15.9. The number of carbonyl (C=O) groups is 1. The molecule has 0 amide bonds. The van der Waals surface area contributed by atoms with Crippen LogP contribution >= 0.6 is 0 Å². The maximum Gasteiger partial charge on any atom is 0.189 e. The third-order valence-electron chi connectivity index (χ3n) is 3.52. The fourth-order valence-corrected chi connectivity index (χ4v) is 2.46. The first kappa shape index (κ1) is 16.0. The number of methoxy groups -OCH3 is 1. The first-order valence-corrected chi connectivity index (χ1v) is 7.61. The molecule has 0 aliphatic heterocycles. The molecule has 0 fully saturated rings. The van der Waals surface area contributed by atoms with E-state index in [0.29, 0.717) is 0 Å². The van der Waals surface area contributed by atoms with Gasteiger partial charge in [0.15, 0.2) is 5.78 Å². The molecule has 0 unspecified atom stereocenters. The molecule has 0 N–H and O–H groups in total. The standard InChI is InChI=1S/C17H15NO2.C2H6/c1-20-15-7-8-16-12(11-15)5-6-13(17(16)19)10-14-4-2-3-9-18-14;1-2/h2-4,7-11H,5-6H2,1H3;1-2H3/b13-10+;. The molecule has 2 aromatic rings. The fourth-order valence-electron chi connectivity index (χ4n) is 2.46. The molecule has 3 rings (SSSR count). The molecular weight excluding hydrogens is 274 g/mol. The minimum atomic E-state index is 0.0968. The van der Waals surface area contributed by atoms with E-state index in [1.54, 1.807) is 13.3 Å². The molecule has 0 bridgehead atoms. The van der Waals surface area contributed by atoms with Crippen LogP contribution in [-0.2, 0) is 6.42 Å². The van der Waals surface area contributed by atoms with Crippen LogP contribution in [0.4, 0.5) is 0 Å². The predicted molar refractivity (Wildman–Crippen MR) is 89.2 cm³/mol. The molecule has 1 aromatic carbocycles. The number of rotatable bonds is 2. The lowest BCUT2D eigenvalue weighted by molar-refractivity contribution is 0.102.